The van der Waals surface area contributed by atoms with E-state index in [9.17, 15) is 9.59 Å². The van der Waals surface area contributed by atoms with Gasteiger partial charge >= 0.3 is 0 Å². The Hall–Kier alpha value is -2.73. The first-order valence-electron chi connectivity index (χ1n) is 7.92. The SMILES string of the molecule is NC(=O)C1CN(C(=O)c2cccnc2)CCN1Cc1ccccc1. The molecule has 2 heterocycles. The minimum atomic E-state index is -0.487. The van der Waals surface area contributed by atoms with E-state index in [2.05, 4.69) is 4.98 Å². The lowest BCUT2D eigenvalue weighted by atomic mass is 10.1. The zero-order valence-electron chi connectivity index (χ0n) is 13.3. The number of benzene rings is 1. The molecule has 1 unspecified atom stereocenters. The van der Waals surface area contributed by atoms with Crippen LogP contribution >= 0.6 is 0 Å². The number of piperazine rings is 1. The summed E-state index contributed by atoms with van der Waals surface area (Å²) in [6, 6.07) is 12.9. The van der Waals surface area contributed by atoms with E-state index in [1.54, 1.807) is 23.2 Å². The highest BCUT2D eigenvalue weighted by atomic mass is 16.2. The molecule has 1 saturated heterocycles. The number of rotatable bonds is 4. The molecule has 2 aromatic rings. The third-order valence-electron chi connectivity index (χ3n) is 4.24. The van der Waals surface area contributed by atoms with Crippen molar-refractivity contribution < 1.29 is 9.59 Å². The van der Waals surface area contributed by atoms with E-state index in [0.29, 0.717) is 31.7 Å². The Labute approximate surface area is 140 Å². The molecule has 124 valence electrons. The molecule has 2 N–H and O–H groups in total. The molecule has 2 amide bonds. The maximum absolute atomic E-state index is 12.5. The third-order valence-corrected chi connectivity index (χ3v) is 4.24. The molecule has 1 aliphatic rings. The zero-order valence-corrected chi connectivity index (χ0v) is 13.3. The predicted octanol–water partition coefficient (Wildman–Crippen LogP) is 0.893. The smallest absolute Gasteiger partial charge is 0.255 e. The average molecular weight is 324 g/mol. The average Bonchev–Trinajstić information content (AvgIpc) is 2.63. The van der Waals surface area contributed by atoms with Crippen LogP contribution in [0.15, 0.2) is 54.9 Å². The molecular formula is C18H20N4O2. The van der Waals surface area contributed by atoms with Gasteiger partial charge in [-0.3, -0.25) is 19.5 Å². The molecule has 0 bridgehead atoms. The number of primary amides is 1. The van der Waals surface area contributed by atoms with Crippen molar-refractivity contribution in [1.82, 2.24) is 14.8 Å². The minimum absolute atomic E-state index is 0.117. The molecule has 0 spiro atoms. The van der Waals surface area contributed by atoms with Crippen molar-refractivity contribution in [2.75, 3.05) is 19.6 Å². The van der Waals surface area contributed by atoms with Gasteiger partial charge in [0.1, 0.15) is 6.04 Å². The van der Waals surface area contributed by atoms with Gasteiger partial charge in [0.05, 0.1) is 5.56 Å². The second-order valence-corrected chi connectivity index (χ2v) is 5.87. The number of carbonyl (C=O) groups excluding carboxylic acids is 2. The summed E-state index contributed by atoms with van der Waals surface area (Å²) in [6.45, 7) is 2.11. The lowest BCUT2D eigenvalue weighted by Gasteiger charge is -2.39. The fourth-order valence-corrected chi connectivity index (χ4v) is 2.95. The van der Waals surface area contributed by atoms with Crippen LogP contribution in [-0.2, 0) is 11.3 Å². The van der Waals surface area contributed by atoms with Gasteiger partial charge in [-0.05, 0) is 17.7 Å². The number of carbonyl (C=O) groups is 2. The summed E-state index contributed by atoms with van der Waals surface area (Å²) in [5.74, 6) is -0.525. The molecule has 1 atom stereocenters. The molecule has 0 saturated carbocycles. The second kappa shape index (κ2) is 7.23. The van der Waals surface area contributed by atoms with Crippen LogP contribution in [0.25, 0.3) is 0 Å². The number of hydrogen-bond donors (Lipinski definition) is 1. The van der Waals surface area contributed by atoms with Crippen molar-refractivity contribution in [3.63, 3.8) is 0 Å². The number of nitrogens with two attached hydrogens (primary N) is 1. The fourth-order valence-electron chi connectivity index (χ4n) is 2.95. The van der Waals surface area contributed by atoms with Crippen molar-refractivity contribution in [3.8, 4) is 0 Å². The van der Waals surface area contributed by atoms with E-state index in [1.165, 1.54) is 6.20 Å². The van der Waals surface area contributed by atoms with Crippen molar-refractivity contribution in [2.45, 2.75) is 12.6 Å². The largest absolute Gasteiger partial charge is 0.368 e. The first-order chi connectivity index (χ1) is 11.6. The highest BCUT2D eigenvalue weighted by Gasteiger charge is 2.33. The van der Waals surface area contributed by atoms with Crippen LogP contribution in [0.1, 0.15) is 15.9 Å². The van der Waals surface area contributed by atoms with Crippen LogP contribution in [0.5, 0.6) is 0 Å². The molecule has 1 aliphatic heterocycles. The van der Waals surface area contributed by atoms with E-state index in [-0.39, 0.29) is 5.91 Å². The van der Waals surface area contributed by atoms with Gasteiger partial charge in [0.15, 0.2) is 0 Å². The van der Waals surface area contributed by atoms with Crippen molar-refractivity contribution in [3.05, 3.63) is 66.0 Å². The molecule has 24 heavy (non-hydrogen) atoms. The Morgan fingerprint density at radius 2 is 1.92 bits per heavy atom. The quantitative estimate of drug-likeness (QED) is 0.906. The fraction of sp³-hybridized carbons (Fsp3) is 0.278. The summed E-state index contributed by atoms with van der Waals surface area (Å²) in [5.41, 5.74) is 7.23. The van der Waals surface area contributed by atoms with Gasteiger partial charge in [-0.2, -0.15) is 0 Å². The van der Waals surface area contributed by atoms with Crippen molar-refractivity contribution in [1.29, 1.82) is 0 Å². The van der Waals surface area contributed by atoms with Gasteiger partial charge < -0.3 is 10.6 Å². The summed E-state index contributed by atoms with van der Waals surface area (Å²) in [7, 11) is 0. The van der Waals surface area contributed by atoms with E-state index in [1.807, 2.05) is 35.2 Å². The Kier molecular flexibility index (Phi) is 4.86. The number of hydrogen-bond acceptors (Lipinski definition) is 4. The summed E-state index contributed by atoms with van der Waals surface area (Å²) >= 11 is 0. The number of aromatic nitrogens is 1. The molecule has 1 aromatic carbocycles. The van der Waals surface area contributed by atoms with Crippen LogP contribution in [0, 0.1) is 0 Å². The Morgan fingerprint density at radius 3 is 2.58 bits per heavy atom. The Bertz CT molecular complexity index is 705. The standard InChI is InChI=1S/C18H20N4O2/c19-17(23)16-13-22(18(24)15-7-4-8-20-11-15)10-9-21(16)12-14-5-2-1-3-6-14/h1-8,11,16H,9-10,12-13H2,(H2,19,23). The highest BCUT2D eigenvalue weighted by Crippen LogP contribution is 2.16. The molecule has 0 aliphatic carbocycles. The van der Waals surface area contributed by atoms with E-state index >= 15 is 0 Å². The van der Waals surface area contributed by atoms with Crippen LogP contribution < -0.4 is 5.73 Å². The van der Waals surface area contributed by atoms with Gasteiger partial charge in [-0.1, -0.05) is 30.3 Å². The summed E-state index contributed by atoms with van der Waals surface area (Å²) in [4.78, 5) is 32.1. The first-order valence-corrected chi connectivity index (χ1v) is 7.92. The van der Waals surface area contributed by atoms with Crippen LogP contribution in [0.4, 0.5) is 0 Å². The number of amides is 2. The lowest BCUT2D eigenvalue weighted by Crippen LogP contribution is -2.58. The van der Waals surface area contributed by atoms with Gasteiger partial charge in [-0.15, -0.1) is 0 Å². The summed E-state index contributed by atoms with van der Waals surface area (Å²) in [5, 5.41) is 0. The van der Waals surface area contributed by atoms with Gasteiger partial charge in [0, 0.05) is 38.6 Å². The highest BCUT2D eigenvalue weighted by molar-refractivity contribution is 5.94. The first kappa shape index (κ1) is 16.1. The number of nitrogens with zero attached hydrogens (tertiary/aromatic N) is 3. The van der Waals surface area contributed by atoms with Crippen LogP contribution in [0.3, 0.4) is 0 Å². The Morgan fingerprint density at radius 1 is 1.12 bits per heavy atom. The zero-order chi connectivity index (χ0) is 16.9. The lowest BCUT2D eigenvalue weighted by molar-refractivity contribution is -0.125. The molecule has 1 aromatic heterocycles. The topological polar surface area (TPSA) is 79.5 Å². The normalized spacial score (nSPS) is 18.3. The maximum atomic E-state index is 12.5. The predicted molar refractivity (Wildman–Crippen MR) is 90.0 cm³/mol. The van der Waals surface area contributed by atoms with Crippen molar-refractivity contribution in [2.24, 2.45) is 5.73 Å². The van der Waals surface area contributed by atoms with Crippen LogP contribution in [0.2, 0.25) is 0 Å². The molecule has 0 radical (unpaired) electrons. The number of pyridine rings is 1. The maximum Gasteiger partial charge on any atom is 0.255 e. The summed E-state index contributed by atoms with van der Waals surface area (Å²) in [6.07, 6.45) is 3.17. The molecule has 6 heteroatoms. The van der Waals surface area contributed by atoms with E-state index in [0.717, 1.165) is 5.56 Å². The third kappa shape index (κ3) is 3.60. The molecular weight excluding hydrogens is 304 g/mol. The molecule has 3 rings (SSSR count). The van der Waals surface area contributed by atoms with Crippen molar-refractivity contribution >= 4 is 11.8 Å². The molecule has 6 nitrogen and oxygen atoms in total. The van der Waals surface area contributed by atoms with Gasteiger partial charge in [0.25, 0.3) is 5.91 Å². The molecule has 1 fully saturated rings. The van der Waals surface area contributed by atoms with E-state index in [4.69, 9.17) is 5.73 Å². The second-order valence-electron chi connectivity index (χ2n) is 5.87. The minimum Gasteiger partial charge on any atom is -0.368 e. The van der Waals surface area contributed by atoms with Gasteiger partial charge in [-0.25, -0.2) is 0 Å². The monoisotopic (exact) mass is 324 g/mol. The van der Waals surface area contributed by atoms with E-state index < -0.39 is 11.9 Å². The Balaban J connectivity index is 1.71. The van der Waals surface area contributed by atoms with Crippen LogP contribution in [-0.4, -0.2) is 52.3 Å². The summed E-state index contributed by atoms with van der Waals surface area (Å²) < 4.78 is 0. The van der Waals surface area contributed by atoms with Gasteiger partial charge in [0.2, 0.25) is 5.91 Å².